The number of carbonyl (C=O) groups is 2. The standard InChI is InChI=1S/C18H19N3O3/c1-4-24-18(23)16-12(3)21(14(10-19)17(20)22)11(2)15(16)13-8-6-5-7-9-13/h5-9,14H,4H2,1-3H3,(H2,20,22). The molecule has 0 saturated carbocycles. The summed E-state index contributed by atoms with van der Waals surface area (Å²) in [6.07, 6.45) is 0. The van der Waals surface area contributed by atoms with Crippen molar-refractivity contribution in [3.8, 4) is 17.2 Å². The molecule has 1 heterocycles. The van der Waals surface area contributed by atoms with E-state index in [9.17, 15) is 14.9 Å². The van der Waals surface area contributed by atoms with E-state index in [-0.39, 0.29) is 6.61 Å². The van der Waals surface area contributed by atoms with Crippen molar-refractivity contribution in [2.75, 3.05) is 6.61 Å². The molecule has 1 aromatic carbocycles. The number of esters is 1. The predicted octanol–water partition coefficient (Wildman–Crippen LogP) is 2.50. The summed E-state index contributed by atoms with van der Waals surface area (Å²) < 4.78 is 6.66. The van der Waals surface area contributed by atoms with Gasteiger partial charge in [0.05, 0.1) is 18.2 Å². The Hall–Kier alpha value is -3.07. The fourth-order valence-corrected chi connectivity index (χ4v) is 2.90. The third kappa shape index (κ3) is 2.88. The molecule has 2 aromatic rings. The maximum absolute atomic E-state index is 12.5. The van der Waals surface area contributed by atoms with Gasteiger partial charge in [-0.05, 0) is 26.3 Å². The Labute approximate surface area is 140 Å². The number of primary amides is 1. The average molecular weight is 325 g/mol. The Morgan fingerprint density at radius 1 is 1.25 bits per heavy atom. The number of benzene rings is 1. The second-order valence-electron chi connectivity index (χ2n) is 5.31. The molecule has 0 saturated heterocycles. The summed E-state index contributed by atoms with van der Waals surface area (Å²) in [6.45, 7) is 5.39. The van der Waals surface area contributed by atoms with Gasteiger partial charge in [0.2, 0.25) is 0 Å². The van der Waals surface area contributed by atoms with Gasteiger partial charge in [-0.3, -0.25) is 4.79 Å². The van der Waals surface area contributed by atoms with Crippen LogP contribution < -0.4 is 5.73 Å². The first-order chi connectivity index (χ1) is 11.4. The maximum Gasteiger partial charge on any atom is 0.340 e. The molecule has 1 unspecified atom stereocenters. The molecule has 2 N–H and O–H groups in total. The highest BCUT2D eigenvalue weighted by Crippen LogP contribution is 2.34. The highest BCUT2D eigenvalue weighted by Gasteiger charge is 2.30. The SMILES string of the molecule is CCOC(=O)c1c(-c2ccccc2)c(C)n(C(C#N)C(N)=O)c1C. The molecule has 1 aromatic heterocycles. The van der Waals surface area contributed by atoms with Crippen LogP contribution in [0.3, 0.4) is 0 Å². The molecule has 0 aliphatic rings. The van der Waals surface area contributed by atoms with E-state index >= 15 is 0 Å². The van der Waals surface area contributed by atoms with Crippen LogP contribution in [0.4, 0.5) is 0 Å². The van der Waals surface area contributed by atoms with Crippen LogP contribution in [0.2, 0.25) is 0 Å². The predicted molar refractivity (Wildman–Crippen MR) is 89.1 cm³/mol. The molecule has 6 nitrogen and oxygen atoms in total. The number of nitrogens with two attached hydrogens (primary N) is 1. The van der Waals surface area contributed by atoms with Crippen LogP contribution in [-0.2, 0) is 9.53 Å². The molecule has 0 aliphatic carbocycles. The van der Waals surface area contributed by atoms with Crippen molar-refractivity contribution in [3.05, 3.63) is 47.3 Å². The van der Waals surface area contributed by atoms with Gasteiger partial charge in [-0.1, -0.05) is 30.3 Å². The van der Waals surface area contributed by atoms with Gasteiger partial charge in [0, 0.05) is 17.0 Å². The number of rotatable bonds is 5. The zero-order valence-electron chi connectivity index (χ0n) is 13.9. The van der Waals surface area contributed by atoms with E-state index in [1.165, 1.54) is 4.57 Å². The van der Waals surface area contributed by atoms with Gasteiger partial charge in [-0.15, -0.1) is 0 Å². The zero-order chi connectivity index (χ0) is 17.9. The minimum absolute atomic E-state index is 0.230. The summed E-state index contributed by atoms with van der Waals surface area (Å²) in [5.41, 5.74) is 8.25. The maximum atomic E-state index is 12.5. The highest BCUT2D eigenvalue weighted by molar-refractivity contribution is 6.00. The lowest BCUT2D eigenvalue weighted by atomic mass is 10.0. The zero-order valence-corrected chi connectivity index (χ0v) is 13.9. The van der Waals surface area contributed by atoms with Gasteiger partial charge < -0.3 is 15.0 Å². The molecule has 6 heteroatoms. The smallest absolute Gasteiger partial charge is 0.340 e. The van der Waals surface area contributed by atoms with Gasteiger partial charge in [0.15, 0.2) is 6.04 Å². The third-order valence-electron chi connectivity index (χ3n) is 3.89. The van der Waals surface area contributed by atoms with Crippen molar-refractivity contribution < 1.29 is 14.3 Å². The van der Waals surface area contributed by atoms with E-state index in [2.05, 4.69) is 0 Å². The molecule has 0 spiro atoms. The minimum Gasteiger partial charge on any atom is -0.462 e. The van der Waals surface area contributed by atoms with Crippen LogP contribution in [0.1, 0.15) is 34.7 Å². The second kappa shape index (κ2) is 7.01. The molecule has 0 fully saturated rings. The summed E-state index contributed by atoms with van der Waals surface area (Å²) in [5, 5.41) is 9.32. The lowest BCUT2D eigenvalue weighted by Gasteiger charge is -2.13. The monoisotopic (exact) mass is 325 g/mol. The molecule has 124 valence electrons. The fraction of sp³-hybridized carbons (Fsp3) is 0.278. The molecule has 0 radical (unpaired) electrons. The Morgan fingerprint density at radius 3 is 2.38 bits per heavy atom. The molecule has 1 amide bonds. The molecule has 24 heavy (non-hydrogen) atoms. The van der Waals surface area contributed by atoms with Crippen LogP contribution in [0.25, 0.3) is 11.1 Å². The number of aromatic nitrogens is 1. The molecule has 0 aliphatic heterocycles. The minimum atomic E-state index is -1.18. The largest absolute Gasteiger partial charge is 0.462 e. The van der Waals surface area contributed by atoms with Crippen LogP contribution in [0, 0.1) is 25.2 Å². The Kier molecular flexibility index (Phi) is 5.05. The highest BCUT2D eigenvalue weighted by atomic mass is 16.5. The van der Waals surface area contributed by atoms with E-state index < -0.39 is 17.9 Å². The van der Waals surface area contributed by atoms with Crippen molar-refractivity contribution in [1.29, 1.82) is 5.26 Å². The summed E-state index contributed by atoms with van der Waals surface area (Å²) in [4.78, 5) is 24.1. The molecular formula is C18H19N3O3. The van der Waals surface area contributed by atoms with Gasteiger partial charge in [0.1, 0.15) is 0 Å². The average Bonchev–Trinajstić information content (AvgIpc) is 2.81. The summed E-state index contributed by atoms with van der Waals surface area (Å²) in [6, 6.07) is 10.0. The number of carbonyl (C=O) groups excluding carboxylic acids is 2. The molecule has 0 bridgehead atoms. The third-order valence-corrected chi connectivity index (χ3v) is 3.89. The lowest BCUT2D eigenvalue weighted by molar-refractivity contribution is -0.119. The van der Waals surface area contributed by atoms with Crippen molar-refractivity contribution in [1.82, 2.24) is 4.57 Å². The van der Waals surface area contributed by atoms with Crippen molar-refractivity contribution in [3.63, 3.8) is 0 Å². The Morgan fingerprint density at radius 2 is 1.88 bits per heavy atom. The van der Waals surface area contributed by atoms with E-state index in [0.29, 0.717) is 22.5 Å². The normalized spacial score (nSPS) is 11.6. The van der Waals surface area contributed by atoms with Crippen molar-refractivity contribution in [2.45, 2.75) is 26.8 Å². The molecule has 1 atom stereocenters. The molecular weight excluding hydrogens is 306 g/mol. The first-order valence-electron chi connectivity index (χ1n) is 7.56. The second-order valence-corrected chi connectivity index (χ2v) is 5.31. The van der Waals surface area contributed by atoms with Gasteiger partial charge in [0.25, 0.3) is 5.91 Å². The first kappa shape index (κ1) is 17.3. The van der Waals surface area contributed by atoms with Gasteiger partial charge >= 0.3 is 5.97 Å². The Bertz CT molecular complexity index is 816. The van der Waals surface area contributed by atoms with Crippen molar-refractivity contribution >= 4 is 11.9 Å². The fourth-order valence-electron chi connectivity index (χ4n) is 2.90. The number of ether oxygens (including phenoxy) is 1. The number of hydrogen-bond donors (Lipinski definition) is 1. The quantitative estimate of drug-likeness (QED) is 0.854. The van der Waals surface area contributed by atoms with Gasteiger partial charge in [-0.25, -0.2) is 4.79 Å². The number of amides is 1. The Balaban J connectivity index is 2.80. The van der Waals surface area contributed by atoms with E-state index in [1.54, 1.807) is 20.8 Å². The van der Waals surface area contributed by atoms with Crippen molar-refractivity contribution in [2.24, 2.45) is 5.73 Å². The van der Waals surface area contributed by atoms with Gasteiger partial charge in [-0.2, -0.15) is 5.26 Å². The van der Waals surface area contributed by atoms with E-state index in [0.717, 1.165) is 5.56 Å². The lowest BCUT2D eigenvalue weighted by Crippen LogP contribution is -2.26. The summed E-state index contributed by atoms with van der Waals surface area (Å²) >= 11 is 0. The van der Waals surface area contributed by atoms with Crippen LogP contribution in [0.15, 0.2) is 30.3 Å². The van der Waals surface area contributed by atoms with E-state index in [1.807, 2.05) is 36.4 Å². The van der Waals surface area contributed by atoms with Crippen LogP contribution in [0.5, 0.6) is 0 Å². The number of hydrogen-bond acceptors (Lipinski definition) is 4. The number of nitriles is 1. The first-order valence-corrected chi connectivity index (χ1v) is 7.56. The number of nitrogens with zero attached hydrogens (tertiary/aromatic N) is 2. The van der Waals surface area contributed by atoms with E-state index in [4.69, 9.17) is 10.5 Å². The summed E-state index contributed by atoms with van der Waals surface area (Å²) in [7, 11) is 0. The summed E-state index contributed by atoms with van der Waals surface area (Å²) in [5.74, 6) is -1.26. The molecule has 2 rings (SSSR count). The van der Waals surface area contributed by atoms with Crippen LogP contribution >= 0.6 is 0 Å². The van der Waals surface area contributed by atoms with Crippen LogP contribution in [-0.4, -0.2) is 23.1 Å². The topological polar surface area (TPSA) is 98.1 Å².